The lowest BCUT2D eigenvalue weighted by Crippen LogP contribution is -2.54. The third kappa shape index (κ3) is 4.52. The predicted octanol–water partition coefficient (Wildman–Crippen LogP) is 2.68. The minimum Gasteiger partial charge on any atom is -0.462 e. The SMILES string of the molecule is C=CC(=O)N1CCN(c2nc(OC[C@@H]3CCCN3C)nc3c2CN(C2CCc4ccccc42)C3)[C@@H](C#N)C1. The summed E-state index contributed by atoms with van der Waals surface area (Å²) in [4.78, 5) is 30.6. The topological polar surface area (TPSA) is 88.8 Å². The molecule has 3 aliphatic heterocycles. The fourth-order valence-corrected chi connectivity index (χ4v) is 6.51. The third-order valence-corrected chi connectivity index (χ3v) is 8.67. The lowest BCUT2D eigenvalue weighted by molar-refractivity contribution is -0.126. The van der Waals surface area contributed by atoms with E-state index >= 15 is 0 Å². The highest BCUT2D eigenvalue weighted by atomic mass is 16.5. The van der Waals surface area contributed by atoms with Gasteiger partial charge in [-0.1, -0.05) is 30.8 Å². The number of amides is 1. The molecule has 198 valence electrons. The van der Waals surface area contributed by atoms with Gasteiger partial charge in [0.05, 0.1) is 18.3 Å². The first-order chi connectivity index (χ1) is 18.6. The highest BCUT2D eigenvalue weighted by molar-refractivity contribution is 5.87. The Hall–Kier alpha value is -3.48. The number of rotatable bonds is 6. The number of aryl methyl sites for hydroxylation is 1. The number of ether oxygens (including phenoxy) is 1. The Morgan fingerprint density at radius 1 is 1.21 bits per heavy atom. The fourth-order valence-electron chi connectivity index (χ4n) is 6.51. The van der Waals surface area contributed by atoms with Gasteiger partial charge in [0.25, 0.3) is 0 Å². The number of anilines is 1. The fraction of sp³-hybridized carbons (Fsp3) is 0.517. The first kappa shape index (κ1) is 24.8. The van der Waals surface area contributed by atoms with E-state index in [1.807, 2.05) is 4.90 Å². The van der Waals surface area contributed by atoms with Crippen molar-refractivity contribution < 1.29 is 9.53 Å². The van der Waals surface area contributed by atoms with Gasteiger partial charge in [-0.25, -0.2) is 0 Å². The molecule has 4 heterocycles. The van der Waals surface area contributed by atoms with Gasteiger partial charge in [0.15, 0.2) is 0 Å². The van der Waals surface area contributed by atoms with Crippen molar-refractivity contribution in [3.63, 3.8) is 0 Å². The van der Waals surface area contributed by atoms with Crippen LogP contribution in [0.3, 0.4) is 0 Å². The molecule has 0 N–H and O–H groups in total. The minimum absolute atomic E-state index is 0.145. The summed E-state index contributed by atoms with van der Waals surface area (Å²) in [6.07, 6.45) is 5.78. The molecule has 9 nitrogen and oxygen atoms in total. The molecule has 1 aromatic heterocycles. The van der Waals surface area contributed by atoms with E-state index in [9.17, 15) is 10.1 Å². The van der Waals surface area contributed by atoms with Crippen molar-refractivity contribution in [1.82, 2.24) is 24.7 Å². The van der Waals surface area contributed by atoms with Crippen LogP contribution in [-0.2, 0) is 24.3 Å². The maximum Gasteiger partial charge on any atom is 0.318 e. The lowest BCUT2D eigenvalue weighted by Gasteiger charge is -2.39. The molecule has 0 spiro atoms. The Morgan fingerprint density at radius 3 is 2.87 bits per heavy atom. The number of carbonyl (C=O) groups excluding carboxylic acids is 1. The molecule has 9 heteroatoms. The minimum atomic E-state index is -0.498. The van der Waals surface area contributed by atoms with Crippen molar-refractivity contribution in [2.24, 2.45) is 0 Å². The summed E-state index contributed by atoms with van der Waals surface area (Å²) >= 11 is 0. The zero-order chi connectivity index (χ0) is 26.2. The second-order valence-corrected chi connectivity index (χ2v) is 10.8. The van der Waals surface area contributed by atoms with Crippen LogP contribution in [0.25, 0.3) is 0 Å². The number of likely N-dealkylation sites (N-methyl/N-ethyl adjacent to an activating group) is 1. The van der Waals surface area contributed by atoms with Crippen LogP contribution in [0.1, 0.15) is 47.7 Å². The Morgan fingerprint density at radius 2 is 2.08 bits per heavy atom. The van der Waals surface area contributed by atoms with Gasteiger partial charge in [0, 0.05) is 43.8 Å². The summed E-state index contributed by atoms with van der Waals surface area (Å²) in [7, 11) is 2.13. The second kappa shape index (κ2) is 10.4. The van der Waals surface area contributed by atoms with Gasteiger partial charge in [-0.2, -0.15) is 15.2 Å². The van der Waals surface area contributed by atoms with Gasteiger partial charge in [0.2, 0.25) is 5.91 Å². The molecular formula is C29H35N7O2. The first-order valence-corrected chi connectivity index (χ1v) is 13.7. The van der Waals surface area contributed by atoms with Crippen LogP contribution in [0.2, 0.25) is 0 Å². The number of fused-ring (bicyclic) bond motifs is 2. The predicted molar refractivity (Wildman–Crippen MR) is 143 cm³/mol. The van der Waals surface area contributed by atoms with Crippen LogP contribution in [0.15, 0.2) is 36.9 Å². The zero-order valence-corrected chi connectivity index (χ0v) is 22.1. The lowest BCUT2D eigenvalue weighted by atomic mass is 10.1. The maximum absolute atomic E-state index is 12.3. The second-order valence-electron chi connectivity index (χ2n) is 10.8. The normalized spacial score (nSPS) is 25.2. The Kier molecular flexibility index (Phi) is 6.76. The van der Waals surface area contributed by atoms with Crippen molar-refractivity contribution >= 4 is 11.7 Å². The van der Waals surface area contributed by atoms with Crippen LogP contribution in [0.5, 0.6) is 6.01 Å². The van der Waals surface area contributed by atoms with Gasteiger partial charge < -0.3 is 19.4 Å². The largest absolute Gasteiger partial charge is 0.462 e. The highest BCUT2D eigenvalue weighted by Gasteiger charge is 2.38. The molecule has 1 amide bonds. The number of likely N-dealkylation sites (tertiary alicyclic amines) is 1. The summed E-state index contributed by atoms with van der Waals surface area (Å²) in [6, 6.07) is 11.7. The van der Waals surface area contributed by atoms with E-state index in [4.69, 9.17) is 14.7 Å². The van der Waals surface area contributed by atoms with E-state index < -0.39 is 6.04 Å². The molecule has 2 fully saturated rings. The van der Waals surface area contributed by atoms with Crippen molar-refractivity contribution in [2.75, 3.05) is 44.7 Å². The smallest absolute Gasteiger partial charge is 0.318 e. The van der Waals surface area contributed by atoms with Gasteiger partial charge in [-0.15, -0.1) is 0 Å². The van der Waals surface area contributed by atoms with Crippen molar-refractivity contribution in [3.8, 4) is 12.1 Å². The molecule has 1 aromatic carbocycles. The van der Waals surface area contributed by atoms with Gasteiger partial charge >= 0.3 is 6.01 Å². The summed E-state index contributed by atoms with van der Waals surface area (Å²) in [5.74, 6) is 0.629. The van der Waals surface area contributed by atoms with Crippen LogP contribution in [-0.4, -0.2) is 82.5 Å². The molecule has 6 rings (SSSR count). The van der Waals surface area contributed by atoms with E-state index in [0.29, 0.717) is 44.3 Å². The Labute approximate surface area is 224 Å². The van der Waals surface area contributed by atoms with E-state index in [-0.39, 0.29) is 5.91 Å². The summed E-state index contributed by atoms with van der Waals surface area (Å²) in [5, 5.41) is 10.1. The van der Waals surface area contributed by atoms with Gasteiger partial charge in [-0.3, -0.25) is 9.69 Å². The maximum atomic E-state index is 12.3. The number of nitriles is 1. The number of piperazine rings is 1. The summed E-state index contributed by atoms with van der Waals surface area (Å²) in [5.41, 5.74) is 4.89. The molecule has 0 saturated carbocycles. The monoisotopic (exact) mass is 513 g/mol. The number of nitrogens with zero attached hydrogens (tertiary/aromatic N) is 7. The van der Waals surface area contributed by atoms with Crippen LogP contribution < -0.4 is 9.64 Å². The van der Waals surface area contributed by atoms with Crippen molar-refractivity contribution in [2.45, 2.75) is 56.9 Å². The number of carbonyl (C=O) groups is 1. The van der Waals surface area contributed by atoms with Crippen LogP contribution in [0, 0.1) is 11.3 Å². The highest BCUT2D eigenvalue weighted by Crippen LogP contribution is 2.42. The average molecular weight is 514 g/mol. The van der Waals surface area contributed by atoms with E-state index in [0.717, 1.165) is 56.0 Å². The van der Waals surface area contributed by atoms with Crippen molar-refractivity contribution in [1.29, 1.82) is 5.26 Å². The summed E-state index contributed by atoms with van der Waals surface area (Å²) in [6.45, 7) is 8.08. The number of aromatic nitrogens is 2. The van der Waals surface area contributed by atoms with Crippen molar-refractivity contribution in [3.05, 3.63) is 59.3 Å². The standard InChI is InChI=1S/C29H35N7O2/c1-3-27(37)34-13-14-36(22(15-30)16-34)28-24-17-35(26-11-10-20-7-4-5-9-23(20)26)18-25(24)31-29(32-28)38-19-21-8-6-12-33(21)2/h3-5,7,9,21-22,26H,1,6,8,10-14,16-19H2,2H3/t21-,22-,26?/m0/s1. The molecule has 0 bridgehead atoms. The van der Waals surface area contributed by atoms with Gasteiger partial charge in [-0.05, 0) is 56.5 Å². The molecule has 38 heavy (non-hydrogen) atoms. The Balaban J connectivity index is 1.30. The Bertz CT molecular complexity index is 1270. The molecule has 4 aliphatic rings. The number of hydrogen-bond donors (Lipinski definition) is 0. The van der Waals surface area contributed by atoms with Crippen LogP contribution >= 0.6 is 0 Å². The quantitative estimate of drug-likeness (QED) is 0.545. The van der Waals surface area contributed by atoms with E-state index in [2.05, 4.69) is 53.8 Å². The molecule has 2 aromatic rings. The zero-order valence-electron chi connectivity index (χ0n) is 22.1. The molecule has 2 saturated heterocycles. The average Bonchev–Trinajstić information content (AvgIpc) is 3.68. The van der Waals surface area contributed by atoms with E-state index in [1.54, 1.807) is 4.90 Å². The third-order valence-electron chi connectivity index (χ3n) is 8.67. The molecule has 1 unspecified atom stereocenters. The van der Waals surface area contributed by atoms with Gasteiger partial charge in [0.1, 0.15) is 18.5 Å². The van der Waals surface area contributed by atoms with E-state index in [1.165, 1.54) is 23.6 Å². The molecule has 0 radical (unpaired) electrons. The molecule has 3 atom stereocenters. The molecule has 1 aliphatic carbocycles. The molecular weight excluding hydrogens is 478 g/mol. The summed E-state index contributed by atoms with van der Waals surface area (Å²) < 4.78 is 6.21. The first-order valence-electron chi connectivity index (χ1n) is 13.7. The van der Waals surface area contributed by atoms with Crippen LogP contribution in [0.4, 0.5) is 5.82 Å². The number of benzene rings is 1. The number of hydrogen-bond acceptors (Lipinski definition) is 8.